The number of likely N-dealkylation sites (tertiary alicyclic amines) is 1. The highest BCUT2D eigenvalue weighted by atomic mass is 32.1. The van der Waals surface area contributed by atoms with Crippen molar-refractivity contribution in [1.82, 2.24) is 4.90 Å². The first-order valence-electron chi connectivity index (χ1n) is 9.11. The topological polar surface area (TPSA) is 66.8 Å². The smallest absolute Gasteiger partial charge is 0.296 e. The van der Waals surface area contributed by atoms with Crippen LogP contribution in [0.25, 0.3) is 5.76 Å². The van der Waals surface area contributed by atoms with Crippen LogP contribution < -0.4 is 4.74 Å². The minimum absolute atomic E-state index is 0.0332. The monoisotopic (exact) mass is 443 g/mol. The number of rotatable bonds is 5. The molecule has 0 radical (unpaired) electrons. The highest BCUT2D eigenvalue weighted by molar-refractivity contribution is 7.10. The van der Waals surface area contributed by atoms with Gasteiger partial charge in [-0.25, -0.2) is 4.39 Å². The number of benzene rings is 1. The molecule has 3 heterocycles. The lowest BCUT2D eigenvalue weighted by atomic mass is 9.98. The third-order valence-corrected chi connectivity index (χ3v) is 6.95. The van der Waals surface area contributed by atoms with Crippen LogP contribution in [0.3, 0.4) is 0 Å². The van der Waals surface area contributed by atoms with Gasteiger partial charge in [0.2, 0.25) is 0 Å². The van der Waals surface area contributed by atoms with Crippen LogP contribution in [0.1, 0.15) is 26.9 Å². The summed E-state index contributed by atoms with van der Waals surface area (Å²) in [6.07, 6.45) is 0. The number of aliphatic hydroxyl groups is 1. The molecule has 2 aromatic heterocycles. The Labute approximate surface area is 180 Å². The van der Waals surface area contributed by atoms with E-state index in [-0.39, 0.29) is 23.4 Å². The van der Waals surface area contributed by atoms with Gasteiger partial charge in [-0.15, -0.1) is 22.7 Å². The van der Waals surface area contributed by atoms with Gasteiger partial charge >= 0.3 is 0 Å². The van der Waals surface area contributed by atoms with Crippen molar-refractivity contribution < 1.29 is 23.8 Å². The number of amides is 1. The summed E-state index contributed by atoms with van der Waals surface area (Å²) >= 11 is 2.88. The van der Waals surface area contributed by atoms with Gasteiger partial charge in [-0.1, -0.05) is 6.07 Å². The van der Waals surface area contributed by atoms with Crippen LogP contribution in [0.5, 0.6) is 5.75 Å². The van der Waals surface area contributed by atoms with Crippen LogP contribution >= 0.6 is 22.7 Å². The first kappa shape index (κ1) is 20.3. The van der Waals surface area contributed by atoms with Crippen molar-refractivity contribution in [2.24, 2.45) is 0 Å². The number of halogens is 1. The van der Waals surface area contributed by atoms with Crippen LogP contribution in [-0.2, 0) is 16.1 Å². The molecule has 154 valence electrons. The number of carbonyl (C=O) groups is 2. The SMILES string of the molecule is COc1ccc(F)cc1/C(O)=C1\C(=O)C(=O)N(Cc2cccs2)C1c1sccc1C. The minimum Gasteiger partial charge on any atom is -0.507 e. The third kappa shape index (κ3) is 3.42. The number of hydrogen-bond donors (Lipinski definition) is 1. The molecule has 1 saturated heterocycles. The number of ether oxygens (including phenoxy) is 1. The normalized spacial score (nSPS) is 18.2. The second kappa shape index (κ2) is 8.04. The van der Waals surface area contributed by atoms with E-state index in [4.69, 9.17) is 4.74 Å². The van der Waals surface area contributed by atoms with Crippen molar-refractivity contribution in [3.63, 3.8) is 0 Å². The number of aryl methyl sites for hydroxylation is 1. The lowest BCUT2D eigenvalue weighted by Crippen LogP contribution is -2.28. The molecule has 0 aliphatic carbocycles. The maximum atomic E-state index is 13.9. The van der Waals surface area contributed by atoms with Crippen molar-refractivity contribution in [2.45, 2.75) is 19.5 Å². The van der Waals surface area contributed by atoms with E-state index in [9.17, 15) is 19.1 Å². The molecule has 30 heavy (non-hydrogen) atoms. The molecule has 1 atom stereocenters. The summed E-state index contributed by atoms with van der Waals surface area (Å²) in [5.74, 6) is -2.32. The van der Waals surface area contributed by atoms with Gasteiger partial charge in [0.05, 0.1) is 24.8 Å². The molecule has 1 aromatic carbocycles. The zero-order valence-electron chi connectivity index (χ0n) is 16.2. The van der Waals surface area contributed by atoms with Gasteiger partial charge in [0.15, 0.2) is 0 Å². The van der Waals surface area contributed by atoms with Crippen LogP contribution in [0.2, 0.25) is 0 Å². The van der Waals surface area contributed by atoms with E-state index in [1.54, 1.807) is 0 Å². The Morgan fingerprint density at radius 1 is 1.20 bits per heavy atom. The Kier molecular flexibility index (Phi) is 5.44. The molecule has 5 nitrogen and oxygen atoms in total. The Bertz CT molecular complexity index is 1150. The Morgan fingerprint density at radius 2 is 2.00 bits per heavy atom. The van der Waals surface area contributed by atoms with Crippen molar-refractivity contribution >= 4 is 40.1 Å². The molecule has 1 amide bonds. The summed E-state index contributed by atoms with van der Waals surface area (Å²) in [5, 5.41) is 14.9. The number of Topliss-reactive ketones (excluding diaryl/α,β-unsaturated/α-hetero) is 1. The van der Waals surface area contributed by atoms with E-state index < -0.39 is 29.3 Å². The highest BCUT2D eigenvalue weighted by Gasteiger charge is 2.47. The molecule has 1 aliphatic heterocycles. The van der Waals surface area contributed by atoms with Gasteiger partial charge in [0.1, 0.15) is 23.4 Å². The molecule has 4 rings (SSSR count). The van der Waals surface area contributed by atoms with Gasteiger partial charge in [0.25, 0.3) is 11.7 Å². The first-order chi connectivity index (χ1) is 14.4. The molecule has 3 aromatic rings. The molecule has 1 aliphatic rings. The van der Waals surface area contributed by atoms with Crippen LogP contribution in [0.4, 0.5) is 4.39 Å². The molecule has 0 spiro atoms. The lowest BCUT2D eigenvalue weighted by molar-refractivity contribution is -0.140. The summed E-state index contributed by atoms with van der Waals surface area (Å²) < 4.78 is 19.2. The summed E-state index contributed by atoms with van der Waals surface area (Å²) in [6, 6.07) is 8.56. The second-order valence-electron chi connectivity index (χ2n) is 6.82. The zero-order chi connectivity index (χ0) is 21.4. The summed E-state index contributed by atoms with van der Waals surface area (Å²) in [7, 11) is 1.39. The van der Waals surface area contributed by atoms with Crippen LogP contribution in [-0.4, -0.2) is 28.8 Å². The number of carbonyl (C=O) groups excluding carboxylic acids is 2. The number of thiophene rings is 2. The van der Waals surface area contributed by atoms with Crippen molar-refractivity contribution in [1.29, 1.82) is 0 Å². The maximum absolute atomic E-state index is 13.9. The molecule has 8 heteroatoms. The highest BCUT2D eigenvalue weighted by Crippen LogP contribution is 2.44. The van der Waals surface area contributed by atoms with Gasteiger partial charge in [-0.2, -0.15) is 0 Å². The number of methoxy groups -OCH3 is 1. The fourth-order valence-electron chi connectivity index (χ4n) is 3.56. The Hall–Kier alpha value is -2.97. The van der Waals surface area contributed by atoms with Crippen molar-refractivity contribution in [2.75, 3.05) is 7.11 Å². The quantitative estimate of drug-likeness (QED) is 0.346. The van der Waals surface area contributed by atoms with Gasteiger partial charge in [-0.3, -0.25) is 9.59 Å². The number of ketones is 1. The molecule has 0 saturated carbocycles. The second-order valence-corrected chi connectivity index (χ2v) is 8.80. The predicted octanol–water partition coefficient (Wildman–Crippen LogP) is 4.89. The molecule has 1 unspecified atom stereocenters. The number of nitrogens with zero attached hydrogens (tertiary/aromatic N) is 1. The number of aliphatic hydroxyl groups excluding tert-OH is 1. The summed E-state index contributed by atoms with van der Waals surface area (Å²) in [4.78, 5) is 29.1. The molecular formula is C22H18FNO4S2. The standard InChI is InChI=1S/C22H18FNO4S2/c1-12-7-9-30-21(12)18-17(19(25)15-10-13(23)5-6-16(15)28-2)20(26)22(27)24(18)11-14-4-3-8-29-14/h3-10,18,25H,11H2,1-2H3/b19-17+. The van der Waals surface area contributed by atoms with Gasteiger partial charge < -0.3 is 14.7 Å². The Morgan fingerprint density at radius 3 is 2.63 bits per heavy atom. The fourth-order valence-corrected chi connectivity index (χ4v) is 5.31. The summed E-state index contributed by atoms with van der Waals surface area (Å²) in [6.45, 7) is 2.13. The van der Waals surface area contributed by atoms with Crippen molar-refractivity contribution in [3.05, 3.63) is 79.4 Å². The molecule has 1 N–H and O–H groups in total. The third-order valence-electron chi connectivity index (χ3n) is 5.01. The fraction of sp³-hybridized carbons (Fsp3) is 0.182. The van der Waals surface area contributed by atoms with E-state index in [1.165, 1.54) is 46.8 Å². The predicted molar refractivity (Wildman–Crippen MR) is 114 cm³/mol. The van der Waals surface area contributed by atoms with E-state index in [0.29, 0.717) is 0 Å². The molecule has 0 bridgehead atoms. The Balaban J connectivity index is 1.92. The van der Waals surface area contributed by atoms with Crippen LogP contribution in [0, 0.1) is 12.7 Å². The average Bonchev–Trinajstić information content (AvgIpc) is 3.45. The molecular weight excluding hydrogens is 425 g/mol. The van der Waals surface area contributed by atoms with Crippen molar-refractivity contribution in [3.8, 4) is 5.75 Å². The van der Waals surface area contributed by atoms with Gasteiger partial charge in [-0.05, 0) is 53.6 Å². The van der Waals surface area contributed by atoms with E-state index in [0.717, 1.165) is 21.4 Å². The average molecular weight is 444 g/mol. The largest absolute Gasteiger partial charge is 0.507 e. The summed E-state index contributed by atoms with van der Waals surface area (Å²) in [5.41, 5.74) is 0.872. The number of hydrogen-bond acceptors (Lipinski definition) is 6. The van der Waals surface area contributed by atoms with Gasteiger partial charge in [0, 0.05) is 9.75 Å². The molecule has 1 fully saturated rings. The van der Waals surface area contributed by atoms with Crippen LogP contribution in [0.15, 0.2) is 52.7 Å². The van der Waals surface area contributed by atoms with E-state index >= 15 is 0 Å². The minimum atomic E-state index is -0.798. The lowest BCUT2D eigenvalue weighted by Gasteiger charge is -2.24. The first-order valence-corrected chi connectivity index (χ1v) is 10.9. The zero-order valence-corrected chi connectivity index (χ0v) is 17.8. The maximum Gasteiger partial charge on any atom is 0.296 e. The van der Waals surface area contributed by atoms with E-state index in [1.807, 2.05) is 35.9 Å². The van der Waals surface area contributed by atoms with E-state index in [2.05, 4.69) is 0 Å².